The van der Waals surface area contributed by atoms with Crippen molar-refractivity contribution in [2.45, 2.75) is 6.92 Å². The van der Waals surface area contributed by atoms with Crippen LogP contribution >= 0.6 is 0 Å². The number of rotatable bonds is 2. The second kappa shape index (κ2) is 5.15. The lowest BCUT2D eigenvalue weighted by molar-refractivity contribution is 0.0734. The van der Waals surface area contributed by atoms with Crippen LogP contribution in [0.5, 0.6) is 5.75 Å². The molecule has 18 heavy (non-hydrogen) atoms. The molecule has 0 heterocycles. The van der Waals surface area contributed by atoms with Crippen molar-refractivity contribution in [3.05, 3.63) is 65.2 Å². The van der Waals surface area contributed by atoms with Gasteiger partial charge in [0.2, 0.25) is 0 Å². The van der Waals surface area contributed by atoms with Crippen LogP contribution in [0.25, 0.3) is 0 Å². The molecule has 0 radical (unpaired) electrons. The standard InChI is InChI=1S/C15H11NO2/c1-11-9-14(8-7-13(11)10-16)18-15(17)12-5-3-2-4-6-12/h2-9H,1H3. The van der Waals surface area contributed by atoms with Crippen LogP contribution in [0.1, 0.15) is 21.5 Å². The summed E-state index contributed by atoms with van der Waals surface area (Å²) in [6, 6.07) is 15.8. The average Bonchev–Trinajstić information content (AvgIpc) is 2.40. The summed E-state index contributed by atoms with van der Waals surface area (Å²) in [4.78, 5) is 11.8. The van der Waals surface area contributed by atoms with Gasteiger partial charge in [0, 0.05) is 0 Å². The first-order valence-corrected chi connectivity index (χ1v) is 5.48. The SMILES string of the molecule is Cc1cc(OC(=O)c2ccccc2)ccc1C#N. The van der Waals surface area contributed by atoms with E-state index in [0.717, 1.165) is 5.56 Å². The summed E-state index contributed by atoms with van der Waals surface area (Å²) in [5.74, 6) is 0.0417. The van der Waals surface area contributed by atoms with Gasteiger partial charge in [-0.25, -0.2) is 4.79 Å². The first-order chi connectivity index (χ1) is 8.70. The molecule has 0 aliphatic carbocycles. The summed E-state index contributed by atoms with van der Waals surface area (Å²) in [5.41, 5.74) is 1.87. The van der Waals surface area contributed by atoms with E-state index in [4.69, 9.17) is 10.00 Å². The molecule has 2 rings (SSSR count). The topological polar surface area (TPSA) is 50.1 Å². The fraction of sp³-hybridized carbons (Fsp3) is 0.0667. The molecule has 0 atom stereocenters. The van der Waals surface area contributed by atoms with E-state index in [0.29, 0.717) is 16.9 Å². The molecule has 3 heteroatoms. The highest BCUT2D eigenvalue weighted by Gasteiger charge is 2.08. The van der Waals surface area contributed by atoms with Crippen molar-refractivity contribution in [3.63, 3.8) is 0 Å². The van der Waals surface area contributed by atoms with Crippen molar-refractivity contribution in [2.75, 3.05) is 0 Å². The Kier molecular flexibility index (Phi) is 3.40. The Labute approximate surface area is 105 Å². The van der Waals surface area contributed by atoms with Crippen molar-refractivity contribution < 1.29 is 9.53 Å². The quantitative estimate of drug-likeness (QED) is 0.595. The summed E-state index contributed by atoms with van der Waals surface area (Å²) in [7, 11) is 0. The first kappa shape index (κ1) is 11.9. The van der Waals surface area contributed by atoms with Crippen LogP contribution in [0.4, 0.5) is 0 Å². The lowest BCUT2D eigenvalue weighted by Gasteiger charge is -2.05. The van der Waals surface area contributed by atoms with Crippen LogP contribution in [0.15, 0.2) is 48.5 Å². The number of ether oxygens (including phenoxy) is 1. The van der Waals surface area contributed by atoms with Crippen LogP contribution < -0.4 is 4.74 Å². The number of nitriles is 1. The second-order valence-electron chi connectivity index (χ2n) is 3.84. The number of aryl methyl sites for hydroxylation is 1. The van der Waals surface area contributed by atoms with Gasteiger partial charge in [-0.2, -0.15) is 5.26 Å². The molecular weight excluding hydrogens is 226 g/mol. The summed E-state index contributed by atoms with van der Waals surface area (Å²) in [6.45, 7) is 1.80. The summed E-state index contributed by atoms with van der Waals surface area (Å²) < 4.78 is 5.23. The highest BCUT2D eigenvalue weighted by Crippen LogP contribution is 2.17. The summed E-state index contributed by atoms with van der Waals surface area (Å²) >= 11 is 0. The molecule has 3 nitrogen and oxygen atoms in total. The number of hydrogen-bond donors (Lipinski definition) is 0. The highest BCUT2D eigenvalue weighted by atomic mass is 16.5. The van der Waals surface area contributed by atoms with Gasteiger partial charge in [0.05, 0.1) is 17.2 Å². The molecule has 2 aromatic rings. The van der Waals surface area contributed by atoms with Crippen LogP contribution in [0, 0.1) is 18.3 Å². The smallest absolute Gasteiger partial charge is 0.343 e. The summed E-state index contributed by atoms with van der Waals surface area (Å²) in [6.07, 6.45) is 0. The van der Waals surface area contributed by atoms with Crippen molar-refractivity contribution >= 4 is 5.97 Å². The number of hydrogen-bond acceptors (Lipinski definition) is 3. The van der Waals surface area contributed by atoms with E-state index in [9.17, 15) is 4.79 Å². The molecular formula is C15H11NO2. The minimum absolute atomic E-state index is 0.403. The van der Waals surface area contributed by atoms with Crippen molar-refractivity contribution in [3.8, 4) is 11.8 Å². The fourth-order valence-corrected chi connectivity index (χ4v) is 1.57. The Morgan fingerprint density at radius 3 is 2.50 bits per heavy atom. The lowest BCUT2D eigenvalue weighted by Crippen LogP contribution is -2.08. The third kappa shape index (κ3) is 2.55. The molecule has 0 aliphatic rings. The molecule has 0 saturated heterocycles. The molecule has 0 unspecified atom stereocenters. The van der Waals surface area contributed by atoms with Gasteiger partial charge >= 0.3 is 5.97 Å². The maximum atomic E-state index is 11.8. The van der Waals surface area contributed by atoms with Crippen LogP contribution in [-0.2, 0) is 0 Å². The van der Waals surface area contributed by atoms with Gasteiger partial charge in [-0.3, -0.25) is 0 Å². The van der Waals surface area contributed by atoms with Crippen molar-refractivity contribution in [1.29, 1.82) is 5.26 Å². The first-order valence-electron chi connectivity index (χ1n) is 5.48. The zero-order valence-corrected chi connectivity index (χ0v) is 9.88. The van der Waals surface area contributed by atoms with Crippen LogP contribution in [0.2, 0.25) is 0 Å². The Balaban J connectivity index is 2.18. The minimum Gasteiger partial charge on any atom is -0.423 e. The molecule has 0 aromatic heterocycles. The molecule has 0 bridgehead atoms. The van der Waals surface area contributed by atoms with E-state index < -0.39 is 5.97 Å². The molecule has 0 aliphatic heterocycles. The number of carbonyl (C=O) groups is 1. The zero-order chi connectivity index (χ0) is 13.0. The highest BCUT2D eigenvalue weighted by molar-refractivity contribution is 5.90. The Bertz CT molecular complexity index is 612. The summed E-state index contributed by atoms with van der Waals surface area (Å²) in [5, 5.41) is 8.81. The van der Waals surface area contributed by atoms with Gasteiger partial charge in [0.15, 0.2) is 0 Å². The number of benzene rings is 2. The van der Waals surface area contributed by atoms with E-state index in [1.807, 2.05) is 6.07 Å². The van der Waals surface area contributed by atoms with E-state index in [1.54, 1.807) is 49.4 Å². The maximum Gasteiger partial charge on any atom is 0.343 e. The van der Waals surface area contributed by atoms with Gasteiger partial charge in [-0.15, -0.1) is 0 Å². The second-order valence-corrected chi connectivity index (χ2v) is 3.84. The predicted octanol–water partition coefficient (Wildman–Crippen LogP) is 3.09. The fourth-order valence-electron chi connectivity index (χ4n) is 1.57. The van der Waals surface area contributed by atoms with E-state index in [-0.39, 0.29) is 0 Å². The zero-order valence-electron chi connectivity index (χ0n) is 9.88. The monoisotopic (exact) mass is 237 g/mol. The van der Waals surface area contributed by atoms with Gasteiger partial charge in [-0.1, -0.05) is 18.2 Å². The number of carbonyl (C=O) groups excluding carboxylic acids is 1. The molecule has 0 amide bonds. The number of nitrogens with zero attached hydrogens (tertiary/aromatic N) is 1. The Hall–Kier alpha value is -2.60. The predicted molar refractivity (Wildman–Crippen MR) is 67.3 cm³/mol. The van der Waals surface area contributed by atoms with Gasteiger partial charge in [0.25, 0.3) is 0 Å². The maximum absolute atomic E-state index is 11.8. The molecule has 0 fully saturated rings. The molecule has 0 spiro atoms. The van der Waals surface area contributed by atoms with E-state index in [1.165, 1.54) is 0 Å². The van der Waals surface area contributed by atoms with Crippen molar-refractivity contribution in [2.24, 2.45) is 0 Å². The molecule has 2 aromatic carbocycles. The third-order valence-electron chi connectivity index (χ3n) is 2.54. The van der Waals surface area contributed by atoms with Crippen LogP contribution in [0.3, 0.4) is 0 Å². The van der Waals surface area contributed by atoms with E-state index >= 15 is 0 Å². The molecule has 88 valence electrons. The van der Waals surface area contributed by atoms with Crippen molar-refractivity contribution in [1.82, 2.24) is 0 Å². The van der Waals surface area contributed by atoms with Crippen LogP contribution in [-0.4, -0.2) is 5.97 Å². The Morgan fingerprint density at radius 1 is 1.17 bits per heavy atom. The largest absolute Gasteiger partial charge is 0.423 e. The average molecular weight is 237 g/mol. The van der Waals surface area contributed by atoms with Gasteiger partial charge in [-0.05, 0) is 42.8 Å². The third-order valence-corrected chi connectivity index (χ3v) is 2.54. The normalized spacial score (nSPS) is 9.56. The lowest BCUT2D eigenvalue weighted by atomic mass is 10.1. The van der Waals surface area contributed by atoms with Gasteiger partial charge < -0.3 is 4.74 Å². The Morgan fingerprint density at radius 2 is 1.89 bits per heavy atom. The van der Waals surface area contributed by atoms with Gasteiger partial charge in [0.1, 0.15) is 5.75 Å². The number of esters is 1. The molecule has 0 saturated carbocycles. The molecule has 0 N–H and O–H groups in total. The van der Waals surface area contributed by atoms with E-state index in [2.05, 4.69) is 6.07 Å². The minimum atomic E-state index is -0.403.